The van der Waals surface area contributed by atoms with Gasteiger partial charge in [-0.2, -0.15) is 15.1 Å². The highest BCUT2D eigenvalue weighted by Gasteiger charge is 2.14. The molecule has 0 saturated heterocycles. The summed E-state index contributed by atoms with van der Waals surface area (Å²) in [5.74, 6) is 0.757. The van der Waals surface area contributed by atoms with Gasteiger partial charge in [-0.15, -0.1) is 5.10 Å². The van der Waals surface area contributed by atoms with Crippen LogP contribution in [0.1, 0.15) is 11.3 Å². The number of nitrogens with two attached hydrogens (primary N) is 2. The second-order valence-electron chi connectivity index (χ2n) is 4.27. The number of aromatic nitrogens is 6. The van der Waals surface area contributed by atoms with E-state index in [4.69, 9.17) is 11.5 Å². The molecule has 3 rings (SSSR count). The van der Waals surface area contributed by atoms with Gasteiger partial charge in [0, 0.05) is 0 Å². The third-order valence-electron chi connectivity index (χ3n) is 2.82. The smallest absolute Gasteiger partial charge is 0.247 e. The standard InChI is InChI=1S/C12H13N9/c13-10(17-12-15-7-16-19-12)9-11(14)21(20-18-9)6-8-4-2-1-3-5-8/h1-5,7H,6,14H2,(H3,13,15,16,17,19). The molecule has 9 heteroatoms. The second-order valence-corrected chi connectivity index (χ2v) is 4.27. The molecule has 0 saturated carbocycles. The molecule has 0 aliphatic carbocycles. The van der Waals surface area contributed by atoms with Crippen LogP contribution in [0.3, 0.4) is 0 Å². The zero-order valence-corrected chi connectivity index (χ0v) is 11.0. The lowest BCUT2D eigenvalue weighted by molar-refractivity contribution is 0.657. The van der Waals surface area contributed by atoms with E-state index in [1.807, 2.05) is 30.3 Å². The highest BCUT2D eigenvalue weighted by atomic mass is 15.5. The molecule has 1 aromatic carbocycles. The SMILES string of the molecule is NC(=Nc1ncn[nH]1)c1nnn(Cc2ccccc2)c1N. The molecule has 0 atom stereocenters. The van der Waals surface area contributed by atoms with Crippen LogP contribution in [-0.2, 0) is 6.54 Å². The second kappa shape index (κ2) is 5.41. The number of rotatable bonds is 4. The summed E-state index contributed by atoms with van der Waals surface area (Å²) in [5.41, 5.74) is 13.3. The molecular weight excluding hydrogens is 270 g/mol. The number of hydrogen-bond acceptors (Lipinski definition) is 6. The molecule has 9 nitrogen and oxygen atoms in total. The third kappa shape index (κ3) is 2.71. The molecule has 0 amide bonds. The molecule has 0 aliphatic heterocycles. The normalized spacial score (nSPS) is 11.7. The van der Waals surface area contributed by atoms with Crippen molar-refractivity contribution in [2.24, 2.45) is 10.7 Å². The maximum absolute atomic E-state index is 6.01. The van der Waals surface area contributed by atoms with Gasteiger partial charge in [0.2, 0.25) is 5.95 Å². The van der Waals surface area contributed by atoms with E-state index in [0.717, 1.165) is 5.56 Å². The zero-order valence-electron chi connectivity index (χ0n) is 11.0. The molecule has 2 aromatic heterocycles. The predicted octanol–water partition coefficient (Wildman–Crippen LogP) is 0.0637. The lowest BCUT2D eigenvalue weighted by Crippen LogP contribution is -2.16. The topological polar surface area (TPSA) is 137 Å². The molecule has 21 heavy (non-hydrogen) atoms. The summed E-state index contributed by atoms with van der Waals surface area (Å²) in [7, 11) is 0. The van der Waals surface area contributed by atoms with Crippen molar-refractivity contribution >= 4 is 17.6 Å². The van der Waals surface area contributed by atoms with Crippen molar-refractivity contribution in [2.75, 3.05) is 5.73 Å². The van der Waals surface area contributed by atoms with Crippen molar-refractivity contribution in [3.63, 3.8) is 0 Å². The van der Waals surface area contributed by atoms with Gasteiger partial charge in [0.1, 0.15) is 6.33 Å². The Morgan fingerprint density at radius 2 is 2.10 bits per heavy atom. The zero-order chi connectivity index (χ0) is 14.7. The lowest BCUT2D eigenvalue weighted by Gasteiger charge is -2.03. The number of nitrogens with zero attached hydrogens (tertiary/aromatic N) is 6. The molecular formula is C12H13N9. The van der Waals surface area contributed by atoms with Gasteiger partial charge in [0.15, 0.2) is 17.3 Å². The van der Waals surface area contributed by atoms with Gasteiger partial charge < -0.3 is 11.5 Å². The first kappa shape index (κ1) is 12.8. The van der Waals surface area contributed by atoms with Crippen LogP contribution >= 0.6 is 0 Å². The molecule has 2 heterocycles. The number of benzene rings is 1. The Balaban J connectivity index is 1.86. The molecule has 106 valence electrons. The summed E-state index contributed by atoms with van der Waals surface area (Å²) in [4.78, 5) is 7.90. The number of H-pyrrole nitrogens is 1. The number of anilines is 1. The summed E-state index contributed by atoms with van der Waals surface area (Å²) in [6, 6.07) is 9.80. The number of aliphatic imine (C=N–C) groups is 1. The molecule has 0 unspecified atom stereocenters. The first-order valence-corrected chi connectivity index (χ1v) is 6.17. The van der Waals surface area contributed by atoms with Gasteiger partial charge in [-0.25, -0.2) is 9.78 Å². The van der Waals surface area contributed by atoms with Crippen LogP contribution in [0.2, 0.25) is 0 Å². The third-order valence-corrected chi connectivity index (χ3v) is 2.82. The van der Waals surface area contributed by atoms with Crippen molar-refractivity contribution in [3.8, 4) is 0 Å². The summed E-state index contributed by atoms with van der Waals surface area (Å²) in [6.45, 7) is 0.509. The number of amidine groups is 1. The lowest BCUT2D eigenvalue weighted by atomic mass is 10.2. The monoisotopic (exact) mass is 283 g/mol. The summed E-state index contributed by atoms with van der Waals surface area (Å²) in [5, 5.41) is 14.2. The van der Waals surface area contributed by atoms with Crippen molar-refractivity contribution in [2.45, 2.75) is 6.54 Å². The molecule has 0 radical (unpaired) electrons. The van der Waals surface area contributed by atoms with Crippen LogP contribution in [0, 0.1) is 0 Å². The molecule has 3 aromatic rings. The van der Waals surface area contributed by atoms with Crippen LogP contribution in [0.15, 0.2) is 41.7 Å². The van der Waals surface area contributed by atoms with E-state index in [1.165, 1.54) is 6.33 Å². The van der Waals surface area contributed by atoms with Crippen molar-refractivity contribution in [1.29, 1.82) is 0 Å². The minimum Gasteiger partial charge on any atom is -0.382 e. The number of hydrogen-bond donors (Lipinski definition) is 3. The van der Waals surface area contributed by atoms with E-state index in [1.54, 1.807) is 4.68 Å². The largest absolute Gasteiger partial charge is 0.382 e. The Morgan fingerprint density at radius 3 is 2.81 bits per heavy atom. The minimum absolute atomic E-state index is 0.128. The Bertz CT molecular complexity index is 742. The van der Waals surface area contributed by atoms with Crippen LogP contribution in [0.25, 0.3) is 0 Å². The van der Waals surface area contributed by atoms with Crippen molar-refractivity contribution < 1.29 is 0 Å². The fraction of sp³-hybridized carbons (Fsp3) is 0.0833. The maximum atomic E-state index is 6.01. The number of nitrogens with one attached hydrogen (secondary N) is 1. The quantitative estimate of drug-likeness (QED) is 0.457. The first-order valence-electron chi connectivity index (χ1n) is 6.17. The Labute approximate surface area is 119 Å². The molecule has 0 spiro atoms. The highest BCUT2D eigenvalue weighted by Crippen LogP contribution is 2.12. The fourth-order valence-electron chi connectivity index (χ4n) is 1.80. The van der Waals surface area contributed by atoms with E-state index in [9.17, 15) is 0 Å². The summed E-state index contributed by atoms with van der Waals surface area (Å²) in [6.07, 6.45) is 1.34. The van der Waals surface area contributed by atoms with Crippen LogP contribution < -0.4 is 11.5 Å². The average Bonchev–Trinajstić information content (AvgIpc) is 3.11. The Kier molecular flexibility index (Phi) is 3.29. The van der Waals surface area contributed by atoms with Crippen molar-refractivity contribution in [3.05, 3.63) is 47.9 Å². The molecule has 0 fully saturated rings. The van der Waals surface area contributed by atoms with Gasteiger partial charge in [-0.1, -0.05) is 35.5 Å². The predicted molar refractivity (Wildman–Crippen MR) is 76.7 cm³/mol. The van der Waals surface area contributed by atoms with E-state index in [-0.39, 0.29) is 11.8 Å². The number of nitrogen functional groups attached to an aromatic ring is 1. The van der Waals surface area contributed by atoms with Gasteiger partial charge in [-0.05, 0) is 5.56 Å². The van der Waals surface area contributed by atoms with Gasteiger partial charge in [0.25, 0.3) is 0 Å². The van der Waals surface area contributed by atoms with E-state index >= 15 is 0 Å². The number of aromatic amines is 1. The fourth-order valence-corrected chi connectivity index (χ4v) is 1.80. The molecule has 0 bridgehead atoms. The summed E-state index contributed by atoms with van der Waals surface area (Å²) < 4.78 is 1.56. The average molecular weight is 283 g/mol. The van der Waals surface area contributed by atoms with Crippen LogP contribution in [0.4, 0.5) is 11.8 Å². The highest BCUT2D eigenvalue weighted by molar-refractivity contribution is 6.00. The maximum Gasteiger partial charge on any atom is 0.247 e. The van der Waals surface area contributed by atoms with E-state index < -0.39 is 0 Å². The van der Waals surface area contributed by atoms with Crippen molar-refractivity contribution in [1.82, 2.24) is 30.2 Å². The summed E-state index contributed by atoms with van der Waals surface area (Å²) >= 11 is 0. The Morgan fingerprint density at radius 1 is 1.29 bits per heavy atom. The van der Waals surface area contributed by atoms with Gasteiger partial charge in [0.05, 0.1) is 6.54 Å². The van der Waals surface area contributed by atoms with Gasteiger partial charge >= 0.3 is 0 Å². The minimum atomic E-state index is 0.128. The first-order chi connectivity index (χ1) is 10.2. The van der Waals surface area contributed by atoms with E-state index in [0.29, 0.717) is 18.1 Å². The van der Waals surface area contributed by atoms with Gasteiger partial charge in [-0.3, -0.25) is 0 Å². The molecule has 5 N–H and O–H groups in total. The Hall–Kier alpha value is -3.23. The van der Waals surface area contributed by atoms with E-state index in [2.05, 4.69) is 30.5 Å². The van der Waals surface area contributed by atoms with Crippen LogP contribution in [0.5, 0.6) is 0 Å². The molecule has 0 aliphatic rings. The van der Waals surface area contributed by atoms with Crippen LogP contribution in [-0.4, -0.2) is 36.0 Å².